The van der Waals surface area contributed by atoms with Crippen LogP contribution >= 0.6 is 0 Å². The van der Waals surface area contributed by atoms with E-state index < -0.39 is 18.0 Å². The average Bonchev–Trinajstić information content (AvgIpc) is 3.25. The van der Waals surface area contributed by atoms with Crippen LogP contribution in [0.15, 0.2) is 43.1 Å². The van der Waals surface area contributed by atoms with Crippen LogP contribution in [-0.4, -0.2) is 56.9 Å². The second-order valence-electron chi connectivity index (χ2n) is 8.27. The number of hydrogen-bond donors (Lipinski definition) is 2. The van der Waals surface area contributed by atoms with Crippen molar-refractivity contribution in [1.82, 2.24) is 24.5 Å². The second-order valence-corrected chi connectivity index (χ2v) is 8.27. The molecule has 1 saturated heterocycles. The zero-order chi connectivity index (χ0) is 23.8. The normalized spacial score (nSPS) is 18.4. The lowest BCUT2D eigenvalue weighted by Crippen LogP contribution is -2.50. The maximum atomic E-state index is 14.4. The number of piperidine rings is 1. The highest BCUT2D eigenvalue weighted by atomic mass is 19.1. The van der Waals surface area contributed by atoms with Crippen LogP contribution in [0.1, 0.15) is 12.0 Å². The van der Waals surface area contributed by atoms with Crippen molar-refractivity contribution in [2.45, 2.75) is 25.2 Å². The number of methoxy groups -OCH3 is 1. The van der Waals surface area contributed by atoms with E-state index in [9.17, 15) is 8.78 Å². The van der Waals surface area contributed by atoms with E-state index in [1.807, 2.05) is 15.5 Å². The molecule has 1 aliphatic rings. The number of nitrogen functional groups attached to an aromatic ring is 1. The highest BCUT2D eigenvalue weighted by Crippen LogP contribution is 2.31. The topological polar surface area (TPSA) is 121 Å². The first kappa shape index (κ1) is 22.0. The van der Waals surface area contributed by atoms with Crippen molar-refractivity contribution in [3.05, 3.63) is 54.5 Å². The molecular formula is C23H24F2N8O. The minimum atomic E-state index is -1.04. The van der Waals surface area contributed by atoms with E-state index in [1.54, 1.807) is 24.7 Å². The molecule has 9 nitrogen and oxygen atoms in total. The Hall–Kier alpha value is -3.86. The van der Waals surface area contributed by atoms with Gasteiger partial charge < -0.3 is 25.7 Å². The van der Waals surface area contributed by atoms with Crippen LogP contribution in [0.4, 0.5) is 20.3 Å². The van der Waals surface area contributed by atoms with Gasteiger partial charge in [-0.1, -0.05) is 0 Å². The molecule has 1 aliphatic heterocycles. The minimum Gasteiger partial charge on any atom is -0.494 e. The summed E-state index contributed by atoms with van der Waals surface area (Å²) in [6, 6.07) is 6.00. The number of anilines is 2. The summed E-state index contributed by atoms with van der Waals surface area (Å²) in [5.41, 5.74) is 15.9. The van der Waals surface area contributed by atoms with Crippen LogP contribution in [0.25, 0.3) is 22.4 Å². The number of pyridine rings is 1. The van der Waals surface area contributed by atoms with Gasteiger partial charge in [0.05, 0.1) is 43.6 Å². The van der Waals surface area contributed by atoms with Gasteiger partial charge in [-0.15, -0.1) is 0 Å². The number of aromatic nitrogens is 5. The molecule has 1 aromatic carbocycles. The van der Waals surface area contributed by atoms with E-state index in [0.717, 1.165) is 11.3 Å². The van der Waals surface area contributed by atoms with Crippen LogP contribution in [-0.2, 0) is 6.54 Å². The molecule has 0 bridgehead atoms. The van der Waals surface area contributed by atoms with Gasteiger partial charge in [-0.25, -0.2) is 23.7 Å². The summed E-state index contributed by atoms with van der Waals surface area (Å²) in [7, 11) is 1.42. The molecule has 5 rings (SSSR count). The average molecular weight is 466 g/mol. The van der Waals surface area contributed by atoms with Gasteiger partial charge in [0.1, 0.15) is 18.0 Å². The van der Waals surface area contributed by atoms with Crippen LogP contribution < -0.4 is 21.1 Å². The quantitative estimate of drug-likeness (QED) is 0.460. The van der Waals surface area contributed by atoms with Crippen molar-refractivity contribution >= 4 is 22.7 Å². The molecule has 3 aromatic heterocycles. The predicted octanol–water partition coefficient (Wildman–Crippen LogP) is 2.54. The highest BCUT2D eigenvalue weighted by Gasteiger charge is 2.28. The lowest BCUT2D eigenvalue weighted by molar-refractivity contribution is 0.244. The maximum Gasteiger partial charge on any atom is 0.165 e. The number of alkyl halides is 1. The third kappa shape index (κ3) is 3.98. The molecule has 0 spiro atoms. The van der Waals surface area contributed by atoms with E-state index in [1.165, 1.54) is 19.5 Å². The SMILES string of the molecule is COc1ccc(-c2cc(Cn3cnc4c(N)ncnc43)c(N3CC[C@@H](F)[C@@H](N)C3)cn2)cc1F. The molecule has 176 valence electrons. The van der Waals surface area contributed by atoms with Crippen LogP contribution in [0.5, 0.6) is 5.75 Å². The van der Waals surface area contributed by atoms with E-state index in [0.29, 0.717) is 54.3 Å². The molecule has 0 saturated carbocycles. The summed E-state index contributed by atoms with van der Waals surface area (Å²) in [5, 5.41) is 0. The number of rotatable bonds is 5. The molecular weight excluding hydrogens is 442 g/mol. The molecule has 0 aliphatic carbocycles. The Morgan fingerprint density at radius 2 is 2.03 bits per heavy atom. The van der Waals surface area contributed by atoms with Crippen LogP contribution in [0.2, 0.25) is 0 Å². The minimum absolute atomic E-state index is 0.158. The largest absolute Gasteiger partial charge is 0.494 e. The van der Waals surface area contributed by atoms with Crippen LogP contribution in [0, 0.1) is 5.82 Å². The predicted molar refractivity (Wildman–Crippen MR) is 125 cm³/mol. The fraction of sp³-hybridized carbons (Fsp3) is 0.304. The lowest BCUT2D eigenvalue weighted by Gasteiger charge is -2.35. The van der Waals surface area contributed by atoms with E-state index >= 15 is 0 Å². The number of imidazole rings is 1. The van der Waals surface area contributed by atoms with Gasteiger partial charge >= 0.3 is 0 Å². The number of ether oxygens (including phenoxy) is 1. The Morgan fingerprint density at radius 1 is 1.18 bits per heavy atom. The third-order valence-corrected chi connectivity index (χ3v) is 6.09. The fourth-order valence-electron chi connectivity index (χ4n) is 4.25. The Balaban J connectivity index is 1.57. The summed E-state index contributed by atoms with van der Waals surface area (Å²) in [6.07, 6.45) is 4.06. The third-order valence-electron chi connectivity index (χ3n) is 6.09. The molecule has 4 aromatic rings. The molecule has 0 radical (unpaired) electrons. The lowest BCUT2D eigenvalue weighted by atomic mass is 10.0. The van der Waals surface area contributed by atoms with Crippen LogP contribution in [0.3, 0.4) is 0 Å². The molecule has 11 heteroatoms. The van der Waals surface area contributed by atoms with Gasteiger partial charge in [-0.3, -0.25) is 4.98 Å². The summed E-state index contributed by atoms with van der Waals surface area (Å²) >= 11 is 0. The summed E-state index contributed by atoms with van der Waals surface area (Å²) < 4.78 is 35.2. The van der Waals surface area contributed by atoms with Crippen molar-refractivity contribution in [3.63, 3.8) is 0 Å². The number of hydrogen-bond acceptors (Lipinski definition) is 8. The number of nitrogens with two attached hydrogens (primary N) is 2. The Labute approximate surface area is 194 Å². The van der Waals surface area contributed by atoms with Gasteiger partial charge in [-0.2, -0.15) is 0 Å². The molecule has 2 atom stereocenters. The zero-order valence-electron chi connectivity index (χ0n) is 18.5. The highest BCUT2D eigenvalue weighted by molar-refractivity contribution is 5.81. The standard InChI is InChI=1S/C23H24F2N8O/c1-34-20-3-2-13(6-16(20)25)18-7-14(9-33-12-31-21-22(27)29-11-30-23(21)33)19(8-28-18)32-5-4-15(24)17(26)10-32/h2-3,6-8,11-12,15,17H,4-5,9-10,26H2,1H3,(H2,27,29,30)/t15-,17+/m1/s1. The van der Waals surface area contributed by atoms with Gasteiger partial charge in [-0.05, 0) is 36.2 Å². The Morgan fingerprint density at radius 3 is 2.79 bits per heavy atom. The van der Waals surface area contributed by atoms with Gasteiger partial charge in [0, 0.05) is 18.7 Å². The summed E-state index contributed by atoms with van der Waals surface area (Å²) in [4.78, 5) is 19.3. The molecule has 1 fully saturated rings. The van der Waals surface area contributed by atoms with Crippen molar-refractivity contribution in [2.24, 2.45) is 5.73 Å². The fourth-order valence-corrected chi connectivity index (χ4v) is 4.25. The molecule has 0 unspecified atom stereocenters. The Kier molecular flexibility index (Phi) is 5.70. The van der Waals surface area contributed by atoms with Gasteiger partial charge in [0.25, 0.3) is 0 Å². The summed E-state index contributed by atoms with van der Waals surface area (Å²) in [5.74, 6) is -0.0221. The van der Waals surface area contributed by atoms with Crippen molar-refractivity contribution in [3.8, 4) is 17.0 Å². The van der Waals surface area contributed by atoms with E-state index in [2.05, 4.69) is 19.9 Å². The van der Waals surface area contributed by atoms with Gasteiger partial charge in [0.15, 0.2) is 23.0 Å². The number of halogens is 2. The van der Waals surface area contributed by atoms with E-state index in [-0.39, 0.29) is 5.75 Å². The van der Waals surface area contributed by atoms with Crippen molar-refractivity contribution < 1.29 is 13.5 Å². The Bertz CT molecular complexity index is 1340. The first-order valence-electron chi connectivity index (χ1n) is 10.8. The zero-order valence-corrected chi connectivity index (χ0v) is 18.5. The number of nitrogens with zero attached hydrogens (tertiary/aromatic N) is 6. The first-order valence-corrected chi connectivity index (χ1v) is 10.8. The number of fused-ring (bicyclic) bond motifs is 1. The van der Waals surface area contributed by atoms with Gasteiger partial charge in [0.2, 0.25) is 0 Å². The second kappa shape index (κ2) is 8.82. The smallest absolute Gasteiger partial charge is 0.165 e. The first-order chi connectivity index (χ1) is 16.4. The summed E-state index contributed by atoms with van der Waals surface area (Å²) in [6.45, 7) is 1.27. The number of benzene rings is 1. The molecule has 0 amide bonds. The maximum absolute atomic E-state index is 14.4. The monoisotopic (exact) mass is 466 g/mol. The molecule has 4 heterocycles. The molecule has 34 heavy (non-hydrogen) atoms. The van der Waals surface area contributed by atoms with Crippen molar-refractivity contribution in [1.29, 1.82) is 0 Å². The van der Waals surface area contributed by atoms with Crippen molar-refractivity contribution in [2.75, 3.05) is 30.8 Å². The molecule has 4 N–H and O–H groups in total. The van der Waals surface area contributed by atoms with E-state index in [4.69, 9.17) is 16.2 Å².